The Morgan fingerprint density at radius 3 is 2.73 bits per heavy atom. The number of hydrogen-bond donors (Lipinski definition) is 1. The summed E-state index contributed by atoms with van der Waals surface area (Å²) in [6.07, 6.45) is 1.63. The second-order valence-corrected chi connectivity index (χ2v) is 2.62. The molecule has 0 aromatic carbocycles. The highest BCUT2D eigenvalue weighted by Gasteiger charge is 1.87. The lowest BCUT2D eigenvalue weighted by molar-refractivity contribution is 0.420. The van der Waals surface area contributed by atoms with Gasteiger partial charge in [-0.1, -0.05) is 6.58 Å². The number of amidine groups is 1. The fourth-order valence-corrected chi connectivity index (χ4v) is 0.611. The molecule has 0 fully saturated rings. The number of rotatable bonds is 4. The SMILES string of the molecule is C=CNC(C)=NCCN(C)C. The van der Waals surface area contributed by atoms with Crippen LogP contribution in [0.25, 0.3) is 0 Å². The molecule has 0 aliphatic rings. The second kappa shape index (κ2) is 5.92. The van der Waals surface area contributed by atoms with Gasteiger partial charge in [0.1, 0.15) is 0 Å². The number of nitrogens with zero attached hydrogens (tertiary/aromatic N) is 2. The third kappa shape index (κ3) is 7.06. The van der Waals surface area contributed by atoms with Crippen LogP contribution in [0.5, 0.6) is 0 Å². The minimum Gasteiger partial charge on any atom is -0.351 e. The minimum atomic E-state index is 0.833. The largest absolute Gasteiger partial charge is 0.351 e. The molecule has 11 heavy (non-hydrogen) atoms. The van der Waals surface area contributed by atoms with Crippen molar-refractivity contribution in [2.75, 3.05) is 27.2 Å². The maximum Gasteiger partial charge on any atom is 0.0971 e. The van der Waals surface area contributed by atoms with E-state index in [0.29, 0.717) is 0 Å². The van der Waals surface area contributed by atoms with Crippen molar-refractivity contribution in [3.05, 3.63) is 12.8 Å². The monoisotopic (exact) mass is 155 g/mol. The van der Waals surface area contributed by atoms with Crippen molar-refractivity contribution in [3.8, 4) is 0 Å². The van der Waals surface area contributed by atoms with E-state index in [9.17, 15) is 0 Å². The normalized spacial score (nSPS) is 11.8. The Balaban J connectivity index is 3.47. The van der Waals surface area contributed by atoms with Crippen LogP contribution >= 0.6 is 0 Å². The van der Waals surface area contributed by atoms with Gasteiger partial charge in [-0.25, -0.2) is 0 Å². The smallest absolute Gasteiger partial charge is 0.0971 e. The van der Waals surface area contributed by atoms with Crippen molar-refractivity contribution >= 4 is 5.84 Å². The van der Waals surface area contributed by atoms with E-state index in [1.165, 1.54) is 0 Å². The molecule has 0 amide bonds. The van der Waals surface area contributed by atoms with Gasteiger partial charge in [0.05, 0.1) is 12.4 Å². The predicted octanol–water partition coefficient (Wildman–Crippen LogP) is 0.700. The van der Waals surface area contributed by atoms with Crippen molar-refractivity contribution in [2.24, 2.45) is 4.99 Å². The summed E-state index contributed by atoms with van der Waals surface area (Å²) < 4.78 is 0. The van der Waals surface area contributed by atoms with Gasteiger partial charge >= 0.3 is 0 Å². The maximum absolute atomic E-state index is 4.25. The Labute approximate surface area is 68.8 Å². The highest BCUT2D eigenvalue weighted by Crippen LogP contribution is 1.77. The van der Waals surface area contributed by atoms with Crippen LogP contribution in [0, 0.1) is 0 Å². The van der Waals surface area contributed by atoms with Crippen molar-refractivity contribution in [1.82, 2.24) is 10.2 Å². The topological polar surface area (TPSA) is 27.6 Å². The van der Waals surface area contributed by atoms with E-state index in [2.05, 4.69) is 21.8 Å². The Morgan fingerprint density at radius 2 is 2.27 bits per heavy atom. The number of likely N-dealkylation sites (N-methyl/N-ethyl adjacent to an activating group) is 1. The fourth-order valence-electron chi connectivity index (χ4n) is 0.611. The molecule has 0 unspecified atom stereocenters. The number of hydrogen-bond acceptors (Lipinski definition) is 2. The summed E-state index contributed by atoms with van der Waals surface area (Å²) in [4.78, 5) is 6.35. The first-order valence-corrected chi connectivity index (χ1v) is 3.70. The van der Waals surface area contributed by atoms with E-state index < -0.39 is 0 Å². The molecular weight excluding hydrogens is 138 g/mol. The Bertz CT molecular complexity index is 138. The molecule has 0 aromatic rings. The Hall–Kier alpha value is -0.830. The number of nitrogens with one attached hydrogen (secondary N) is 1. The van der Waals surface area contributed by atoms with Crippen molar-refractivity contribution < 1.29 is 0 Å². The first kappa shape index (κ1) is 10.2. The summed E-state index contributed by atoms with van der Waals surface area (Å²) in [5.74, 6) is 0.918. The maximum atomic E-state index is 4.25. The van der Waals surface area contributed by atoms with Gasteiger partial charge < -0.3 is 10.2 Å². The van der Waals surface area contributed by atoms with Crippen LogP contribution in [0.4, 0.5) is 0 Å². The first-order chi connectivity index (χ1) is 5.16. The Morgan fingerprint density at radius 1 is 1.64 bits per heavy atom. The summed E-state index contributed by atoms with van der Waals surface area (Å²) in [5.41, 5.74) is 0. The zero-order valence-electron chi connectivity index (χ0n) is 7.59. The quantitative estimate of drug-likeness (QED) is 0.478. The molecule has 0 saturated carbocycles. The summed E-state index contributed by atoms with van der Waals surface area (Å²) in [5, 5.41) is 2.91. The highest BCUT2D eigenvalue weighted by molar-refractivity contribution is 5.80. The molecule has 0 atom stereocenters. The summed E-state index contributed by atoms with van der Waals surface area (Å²) >= 11 is 0. The predicted molar refractivity (Wildman–Crippen MR) is 49.9 cm³/mol. The molecule has 0 aliphatic carbocycles. The molecule has 3 heteroatoms. The van der Waals surface area contributed by atoms with Crippen molar-refractivity contribution in [2.45, 2.75) is 6.92 Å². The molecule has 0 aromatic heterocycles. The lowest BCUT2D eigenvalue weighted by Crippen LogP contribution is -2.18. The van der Waals surface area contributed by atoms with Gasteiger partial charge in [0, 0.05) is 6.54 Å². The molecule has 0 aliphatic heterocycles. The molecule has 0 rings (SSSR count). The zero-order valence-corrected chi connectivity index (χ0v) is 7.59. The van der Waals surface area contributed by atoms with E-state index in [1.54, 1.807) is 6.20 Å². The summed E-state index contributed by atoms with van der Waals surface area (Å²) in [6, 6.07) is 0. The molecule has 0 saturated heterocycles. The van der Waals surface area contributed by atoms with Crippen LogP contribution in [0.15, 0.2) is 17.8 Å². The molecule has 0 heterocycles. The van der Waals surface area contributed by atoms with E-state index in [-0.39, 0.29) is 0 Å². The first-order valence-electron chi connectivity index (χ1n) is 3.70. The van der Waals surface area contributed by atoms with Crippen LogP contribution in [0.3, 0.4) is 0 Å². The summed E-state index contributed by atoms with van der Waals surface area (Å²) in [7, 11) is 4.07. The molecule has 0 bridgehead atoms. The lowest BCUT2D eigenvalue weighted by Gasteiger charge is -2.06. The van der Waals surface area contributed by atoms with E-state index in [1.807, 2.05) is 21.0 Å². The third-order valence-corrected chi connectivity index (χ3v) is 1.21. The van der Waals surface area contributed by atoms with Gasteiger partial charge in [-0.2, -0.15) is 0 Å². The molecule has 64 valence electrons. The lowest BCUT2D eigenvalue weighted by atomic mass is 10.5. The molecule has 0 spiro atoms. The van der Waals surface area contributed by atoms with Gasteiger partial charge in [0.25, 0.3) is 0 Å². The summed E-state index contributed by atoms with van der Waals surface area (Å²) in [6.45, 7) is 7.28. The fraction of sp³-hybridized carbons (Fsp3) is 0.625. The molecule has 1 N–H and O–H groups in total. The van der Waals surface area contributed by atoms with Crippen LogP contribution in [-0.4, -0.2) is 37.9 Å². The van der Waals surface area contributed by atoms with E-state index in [4.69, 9.17) is 0 Å². The minimum absolute atomic E-state index is 0.833. The van der Waals surface area contributed by atoms with Crippen molar-refractivity contribution in [1.29, 1.82) is 0 Å². The van der Waals surface area contributed by atoms with E-state index >= 15 is 0 Å². The average Bonchev–Trinajstić information content (AvgIpc) is 1.87. The van der Waals surface area contributed by atoms with Gasteiger partial charge in [-0.15, -0.1) is 0 Å². The van der Waals surface area contributed by atoms with Gasteiger partial charge in [-0.05, 0) is 27.2 Å². The molecule has 0 radical (unpaired) electrons. The van der Waals surface area contributed by atoms with Gasteiger partial charge in [0.2, 0.25) is 0 Å². The van der Waals surface area contributed by atoms with Crippen LogP contribution < -0.4 is 5.32 Å². The zero-order chi connectivity index (χ0) is 8.69. The van der Waals surface area contributed by atoms with Crippen molar-refractivity contribution in [3.63, 3.8) is 0 Å². The van der Waals surface area contributed by atoms with Crippen LogP contribution in [-0.2, 0) is 0 Å². The van der Waals surface area contributed by atoms with Gasteiger partial charge in [0.15, 0.2) is 0 Å². The van der Waals surface area contributed by atoms with Gasteiger partial charge in [-0.3, -0.25) is 4.99 Å². The highest BCUT2D eigenvalue weighted by atomic mass is 15.1. The second-order valence-electron chi connectivity index (χ2n) is 2.62. The number of aliphatic imine (C=N–C) groups is 1. The van der Waals surface area contributed by atoms with Crippen LogP contribution in [0.2, 0.25) is 0 Å². The van der Waals surface area contributed by atoms with E-state index in [0.717, 1.165) is 18.9 Å². The molecular formula is C8H17N3. The van der Waals surface area contributed by atoms with Crippen LogP contribution in [0.1, 0.15) is 6.92 Å². The molecule has 3 nitrogen and oxygen atoms in total. The standard InChI is InChI=1S/C8H17N3/c1-5-9-8(2)10-6-7-11(3)4/h5H,1,6-7H2,2-4H3,(H,9,10). The Kier molecular flexibility index (Phi) is 5.47. The third-order valence-electron chi connectivity index (χ3n) is 1.21. The average molecular weight is 155 g/mol.